The van der Waals surface area contributed by atoms with E-state index in [1.807, 2.05) is 11.0 Å². The van der Waals surface area contributed by atoms with Gasteiger partial charge in [0.25, 0.3) is 0 Å². The van der Waals surface area contributed by atoms with Crippen molar-refractivity contribution < 1.29 is 4.79 Å². The molecule has 0 spiro atoms. The van der Waals surface area contributed by atoms with E-state index in [4.69, 9.17) is 0 Å². The summed E-state index contributed by atoms with van der Waals surface area (Å²) in [7, 11) is 0. The van der Waals surface area contributed by atoms with Crippen LogP contribution in [0.15, 0.2) is 29.7 Å². The van der Waals surface area contributed by atoms with Gasteiger partial charge in [-0.2, -0.15) is 0 Å². The Morgan fingerprint density at radius 1 is 1.37 bits per heavy atom. The van der Waals surface area contributed by atoms with Crippen LogP contribution >= 0.6 is 22.7 Å². The Hall–Kier alpha value is -1.39. The summed E-state index contributed by atoms with van der Waals surface area (Å²) < 4.78 is 0. The first-order valence-electron chi connectivity index (χ1n) is 6.31. The third-order valence-corrected chi connectivity index (χ3v) is 5.26. The Labute approximate surface area is 121 Å². The average Bonchev–Trinajstić information content (AvgIpc) is 3.03. The third kappa shape index (κ3) is 2.80. The quantitative estimate of drug-likeness (QED) is 0.772. The highest BCUT2D eigenvalue weighted by Gasteiger charge is 2.19. The highest BCUT2D eigenvalue weighted by atomic mass is 32.1. The first-order chi connectivity index (χ1) is 9.22. The van der Waals surface area contributed by atoms with Crippen molar-refractivity contribution in [3.63, 3.8) is 0 Å². The first-order valence-corrected chi connectivity index (χ1v) is 8.00. The molecular formula is C15H15NOS2. The number of carbonyl (C=O) groups is 1. The van der Waals surface area contributed by atoms with E-state index in [9.17, 15) is 4.79 Å². The highest BCUT2D eigenvalue weighted by Crippen LogP contribution is 2.24. The van der Waals surface area contributed by atoms with Crippen LogP contribution in [0.4, 0.5) is 0 Å². The largest absolute Gasteiger partial charge is 0.334 e. The Bertz CT molecular complexity index is 624. The van der Waals surface area contributed by atoms with Gasteiger partial charge in [0, 0.05) is 33.8 Å². The maximum atomic E-state index is 12.2. The Morgan fingerprint density at radius 3 is 3.05 bits per heavy atom. The second kappa shape index (κ2) is 5.31. The van der Waals surface area contributed by atoms with E-state index in [0.717, 1.165) is 24.4 Å². The number of carbonyl (C=O) groups excluding carboxylic acids is 1. The molecule has 0 aliphatic carbocycles. The third-order valence-electron chi connectivity index (χ3n) is 3.27. The lowest BCUT2D eigenvalue weighted by Crippen LogP contribution is -2.34. The second-order valence-corrected chi connectivity index (χ2v) is 6.98. The SMILES string of the molecule is Cc1ccc(/C=C/C(=O)N2CCc3sccc3C2)s1. The van der Waals surface area contributed by atoms with Crippen molar-refractivity contribution in [2.45, 2.75) is 19.9 Å². The topological polar surface area (TPSA) is 20.3 Å². The lowest BCUT2D eigenvalue weighted by Gasteiger charge is -2.25. The molecule has 2 aromatic heterocycles. The first kappa shape index (κ1) is 12.6. The predicted octanol–water partition coefficient (Wildman–Crippen LogP) is 3.72. The Kier molecular flexibility index (Phi) is 3.53. The maximum Gasteiger partial charge on any atom is 0.246 e. The van der Waals surface area contributed by atoms with Gasteiger partial charge in [-0.05, 0) is 48.6 Å². The van der Waals surface area contributed by atoms with Crippen molar-refractivity contribution in [3.8, 4) is 0 Å². The van der Waals surface area contributed by atoms with Crippen molar-refractivity contribution in [3.05, 3.63) is 49.9 Å². The molecule has 0 saturated carbocycles. The van der Waals surface area contributed by atoms with Crippen LogP contribution in [-0.2, 0) is 17.8 Å². The summed E-state index contributed by atoms with van der Waals surface area (Å²) in [5.74, 6) is 0.114. The minimum absolute atomic E-state index is 0.114. The summed E-state index contributed by atoms with van der Waals surface area (Å²) in [6.45, 7) is 3.66. The van der Waals surface area contributed by atoms with E-state index in [-0.39, 0.29) is 5.91 Å². The summed E-state index contributed by atoms with van der Waals surface area (Å²) in [6, 6.07) is 6.26. The Balaban J connectivity index is 1.67. The molecule has 2 aromatic rings. The fraction of sp³-hybridized carbons (Fsp3) is 0.267. The molecule has 3 heterocycles. The number of amides is 1. The number of hydrogen-bond donors (Lipinski definition) is 0. The molecule has 0 bridgehead atoms. The predicted molar refractivity (Wildman–Crippen MR) is 81.5 cm³/mol. The van der Waals surface area contributed by atoms with Crippen molar-refractivity contribution in [1.29, 1.82) is 0 Å². The standard InChI is InChI=1S/C15H15NOS2/c1-11-2-3-13(19-11)4-5-15(17)16-8-6-14-12(10-16)7-9-18-14/h2-5,7,9H,6,8,10H2,1H3/b5-4+. The minimum Gasteiger partial charge on any atom is -0.334 e. The molecule has 3 rings (SSSR count). The number of hydrogen-bond acceptors (Lipinski definition) is 3. The normalized spacial score (nSPS) is 14.9. The van der Waals surface area contributed by atoms with Gasteiger partial charge in [-0.3, -0.25) is 4.79 Å². The van der Waals surface area contributed by atoms with Crippen molar-refractivity contribution in [2.75, 3.05) is 6.54 Å². The zero-order chi connectivity index (χ0) is 13.2. The molecule has 1 aliphatic heterocycles. The molecule has 0 fully saturated rings. The lowest BCUT2D eigenvalue weighted by molar-refractivity contribution is -0.126. The van der Waals surface area contributed by atoms with Crippen molar-refractivity contribution in [1.82, 2.24) is 4.90 Å². The van der Waals surface area contributed by atoms with E-state index in [0.29, 0.717) is 0 Å². The van der Waals surface area contributed by atoms with Gasteiger partial charge in [0.2, 0.25) is 5.91 Å². The van der Waals surface area contributed by atoms with Gasteiger partial charge >= 0.3 is 0 Å². The summed E-state index contributed by atoms with van der Waals surface area (Å²) in [5, 5.41) is 2.11. The van der Waals surface area contributed by atoms with Gasteiger partial charge in [-0.1, -0.05) is 0 Å². The molecule has 19 heavy (non-hydrogen) atoms. The van der Waals surface area contributed by atoms with E-state index in [2.05, 4.69) is 30.5 Å². The molecule has 2 nitrogen and oxygen atoms in total. The number of aryl methyl sites for hydroxylation is 1. The van der Waals surface area contributed by atoms with Crippen LogP contribution in [0.1, 0.15) is 20.2 Å². The van der Waals surface area contributed by atoms with Crippen LogP contribution in [0.25, 0.3) is 6.08 Å². The molecular weight excluding hydrogens is 274 g/mol. The summed E-state index contributed by atoms with van der Waals surface area (Å²) >= 11 is 3.51. The van der Waals surface area contributed by atoms with E-state index >= 15 is 0 Å². The minimum atomic E-state index is 0.114. The maximum absolute atomic E-state index is 12.2. The average molecular weight is 289 g/mol. The fourth-order valence-corrected chi connectivity index (χ4v) is 3.91. The van der Waals surface area contributed by atoms with Crippen molar-refractivity contribution in [2.24, 2.45) is 0 Å². The number of thiophene rings is 2. The molecule has 1 aliphatic rings. The molecule has 4 heteroatoms. The van der Waals surface area contributed by atoms with E-state index in [1.165, 1.54) is 15.3 Å². The molecule has 0 radical (unpaired) electrons. The van der Waals surface area contributed by atoms with Gasteiger partial charge in [0.1, 0.15) is 0 Å². The highest BCUT2D eigenvalue weighted by molar-refractivity contribution is 7.12. The van der Waals surface area contributed by atoms with Crippen LogP contribution in [0.2, 0.25) is 0 Å². The molecule has 0 aromatic carbocycles. The van der Waals surface area contributed by atoms with Crippen LogP contribution in [0.3, 0.4) is 0 Å². The molecule has 98 valence electrons. The second-order valence-electron chi connectivity index (χ2n) is 4.66. The van der Waals surface area contributed by atoms with Gasteiger partial charge in [0.15, 0.2) is 0 Å². The zero-order valence-electron chi connectivity index (χ0n) is 10.8. The zero-order valence-corrected chi connectivity index (χ0v) is 12.4. The number of fused-ring (bicyclic) bond motifs is 1. The molecule has 1 amide bonds. The lowest BCUT2D eigenvalue weighted by atomic mass is 10.1. The van der Waals surface area contributed by atoms with Gasteiger partial charge in [0.05, 0.1) is 0 Å². The van der Waals surface area contributed by atoms with E-state index < -0.39 is 0 Å². The Morgan fingerprint density at radius 2 is 2.26 bits per heavy atom. The van der Waals surface area contributed by atoms with Gasteiger partial charge in [-0.25, -0.2) is 0 Å². The fourth-order valence-electron chi connectivity index (χ4n) is 2.24. The van der Waals surface area contributed by atoms with Gasteiger partial charge in [-0.15, -0.1) is 22.7 Å². The molecule has 0 atom stereocenters. The van der Waals surface area contributed by atoms with Crippen molar-refractivity contribution >= 4 is 34.7 Å². The summed E-state index contributed by atoms with van der Waals surface area (Å²) in [5.41, 5.74) is 1.31. The van der Waals surface area contributed by atoms with Gasteiger partial charge < -0.3 is 4.90 Å². The van der Waals surface area contributed by atoms with Crippen LogP contribution in [0.5, 0.6) is 0 Å². The summed E-state index contributed by atoms with van der Waals surface area (Å²) in [6.07, 6.45) is 4.61. The molecule has 0 N–H and O–H groups in total. The van der Waals surface area contributed by atoms with Crippen LogP contribution < -0.4 is 0 Å². The number of nitrogens with zero attached hydrogens (tertiary/aromatic N) is 1. The number of rotatable bonds is 2. The molecule has 0 unspecified atom stereocenters. The monoisotopic (exact) mass is 289 g/mol. The summed E-state index contributed by atoms with van der Waals surface area (Å²) in [4.78, 5) is 17.9. The van der Waals surface area contributed by atoms with E-state index in [1.54, 1.807) is 28.7 Å². The molecule has 0 saturated heterocycles. The van der Waals surface area contributed by atoms with Crippen LogP contribution in [-0.4, -0.2) is 17.4 Å². The van der Waals surface area contributed by atoms with Crippen LogP contribution in [0, 0.1) is 6.92 Å². The smallest absolute Gasteiger partial charge is 0.246 e.